The van der Waals surface area contributed by atoms with Gasteiger partial charge < -0.3 is 10.6 Å². The molecule has 0 saturated carbocycles. The Kier molecular flexibility index (Phi) is 3.33. The Labute approximate surface area is 130 Å². The van der Waals surface area contributed by atoms with E-state index in [1.165, 1.54) is 6.07 Å². The minimum atomic E-state index is -0.340. The lowest BCUT2D eigenvalue weighted by molar-refractivity contribution is 0.622. The molecule has 2 aromatic carbocycles. The highest BCUT2D eigenvalue weighted by atomic mass is 79.9. The summed E-state index contributed by atoms with van der Waals surface area (Å²) in [5.74, 6) is -0.00850. The van der Waals surface area contributed by atoms with Crippen LogP contribution in [0.25, 0.3) is 16.7 Å². The van der Waals surface area contributed by atoms with Crippen LogP contribution < -0.4 is 10.6 Å². The standard InChI is InChI=1S/C15H14BrFN4/c1-20(2)9-4-3-5-10(6-9)21-14-8-12(17)11(16)7-13(14)19-15(21)18/h3-8H,1-2H3,(H2,18,19). The predicted octanol–water partition coefficient (Wildman–Crippen LogP) is 3.58. The average Bonchev–Trinajstić information content (AvgIpc) is 2.74. The topological polar surface area (TPSA) is 47.1 Å². The Bertz CT molecular complexity index is 826. The lowest BCUT2D eigenvalue weighted by Crippen LogP contribution is -2.09. The fourth-order valence-corrected chi connectivity index (χ4v) is 2.60. The molecule has 6 heteroatoms. The summed E-state index contributed by atoms with van der Waals surface area (Å²) in [5, 5.41) is 0. The number of nitrogens with two attached hydrogens (primary N) is 1. The Morgan fingerprint density at radius 3 is 2.71 bits per heavy atom. The molecule has 3 aromatic rings. The largest absolute Gasteiger partial charge is 0.378 e. The van der Waals surface area contributed by atoms with Gasteiger partial charge >= 0.3 is 0 Å². The zero-order chi connectivity index (χ0) is 15.1. The molecule has 21 heavy (non-hydrogen) atoms. The second-order valence-electron chi connectivity index (χ2n) is 4.97. The first-order valence-electron chi connectivity index (χ1n) is 6.38. The van der Waals surface area contributed by atoms with Crippen molar-refractivity contribution in [1.82, 2.24) is 9.55 Å². The molecule has 1 aromatic heterocycles. The second kappa shape index (κ2) is 5.04. The number of hydrogen-bond acceptors (Lipinski definition) is 3. The molecular weight excluding hydrogens is 335 g/mol. The summed E-state index contributed by atoms with van der Waals surface area (Å²) < 4.78 is 15.9. The van der Waals surface area contributed by atoms with Crippen molar-refractivity contribution in [1.29, 1.82) is 0 Å². The highest BCUT2D eigenvalue weighted by molar-refractivity contribution is 9.10. The molecule has 1 heterocycles. The molecular formula is C15H14BrFN4. The lowest BCUT2D eigenvalue weighted by atomic mass is 10.2. The van der Waals surface area contributed by atoms with Crippen molar-refractivity contribution in [3.8, 4) is 5.69 Å². The van der Waals surface area contributed by atoms with Gasteiger partial charge in [0.25, 0.3) is 0 Å². The van der Waals surface area contributed by atoms with Crippen LogP contribution in [0.5, 0.6) is 0 Å². The first kappa shape index (κ1) is 13.9. The molecule has 2 N–H and O–H groups in total. The first-order chi connectivity index (χ1) is 9.97. The molecule has 0 aliphatic heterocycles. The van der Waals surface area contributed by atoms with Gasteiger partial charge in [0.2, 0.25) is 5.95 Å². The van der Waals surface area contributed by atoms with Gasteiger partial charge in [-0.1, -0.05) is 6.07 Å². The monoisotopic (exact) mass is 348 g/mol. The third-order valence-corrected chi connectivity index (χ3v) is 3.93. The number of anilines is 2. The number of benzene rings is 2. The maximum atomic E-state index is 13.8. The zero-order valence-corrected chi connectivity index (χ0v) is 13.2. The summed E-state index contributed by atoms with van der Waals surface area (Å²) in [6.07, 6.45) is 0. The number of aromatic nitrogens is 2. The Morgan fingerprint density at radius 2 is 2.00 bits per heavy atom. The smallest absolute Gasteiger partial charge is 0.205 e. The number of rotatable bonds is 2. The highest BCUT2D eigenvalue weighted by Gasteiger charge is 2.13. The molecule has 0 amide bonds. The third-order valence-electron chi connectivity index (χ3n) is 3.33. The van der Waals surface area contributed by atoms with Gasteiger partial charge in [-0.25, -0.2) is 9.37 Å². The molecule has 4 nitrogen and oxygen atoms in total. The number of nitrogen functional groups attached to an aromatic ring is 1. The van der Waals surface area contributed by atoms with E-state index in [4.69, 9.17) is 5.73 Å². The van der Waals surface area contributed by atoms with Crippen molar-refractivity contribution < 1.29 is 4.39 Å². The van der Waals surface area contributed by atoms with Crippen LogP contribution in [-0.2, 0) is 0 Å². The average molecular weight is 349 g/mol. The fourth-order valence-electron chi connectivity index (χ4n) is 2.27. The quantitative estimate of drug-likeness (QED) is 0.769. The minimum absolute atomic E-state index is 0.332. The van der Waals surface area contributed by atoms with Crippen LogP contribution in [-0.4, -0.2) is 23.6 Å². The van der Waals surface area contributed by atoms with Gasteiger partial charge in [0.05, 0.1) is 21.2 Å². The fraction of sp³-hybridized carbons (Fsp3) is 0.133. The van der Waals surface area contributed by atoms with E-state index < -0.39 is 0 Å². The lowest BCUT2D eigenvalue weighted by Gasteiger charge is -2.14. The van der Waals surface area contributed by atoms with Crippen molar-refractivity contribution in [3.63, 3.8) is 0 Å². The number of fused-ring (bicyclic) bond motifs is 1. The Balaban J connectivity index is 2.27. The Morgan fingerprint density at radius 1 is 1.24 bits per heavy atom. The van der Waals surface area contributed by atoms with E-state index in [2.05, 4.69) is 20.9 Å². The summed E-state index contributed by atoms with van der Waals surface area (Å²) in [6.45, 7) is 0. The summed E-state index contributed by atoms with van der Waals surface area (Å²) in [7, 11) is 3.93. The molecule has 0 fully saturated rings. The summed E-state index contributed by atoms with van der Waals surface area (Å²) in [6, 6.07) is 10.9. The zero-order valence-electron chi connectivity index (χ0n) is 11.6. The van der Waals surface area contributed by atoms with Crippen molar-refractivity contribution in [2.45, 2.75) is 0 Å². The van der Waals surface area contributed by atoms with Gasteiger partial charge in [0, 0.05) is 25.8 Å². The van der Waals surface area contributed by atoms with Crippen LogP contribution in [0.2, 0.25) is 0 Å². The molecule has 0 spiro atoms. The maximum Gasteiger partial charge on any atom is 0.205 e. The number of hydrogen-bond donors (Lipinski definition) is 1. The molecule has 0 atom stereocenters. The van der Waals surface area contributed by atoms with Gasteiger partial charge in [-0.3, -0.25) is 4.57 Å². The van der Waals surface area contributed by atoms with Crippen molar-refractivity contribution in [3.05, 3.63) is 46.7 Å². The molecule has 3 rings (SSSR count). The molecule has 0 radical (unpaired) electrons. The van der Waals surface area contributed by atoms with E-state index in [0.717, 1.165) is 11.4 Å². The summed E-state index contributed by atoms with van der Waals surface area (Å²) in [5.41, 5.74) is 9.19. The van der Waals surface area contributed by atoms with Crippen LogP contribution >= 0.6 is 15.9 Å². The summed E-state index contributed by atoms with van der Waals surface area (Å²) >= 11 is 3.17. The molecule has 0 bridgehead atoms. The van der Waals surface area contributed by atoms with E-state index in [-0.39, 0.29) is 5.82 Å². The minimum Gasteiger partial charge on any atom is -0.378 e. The van der Waals surface area contributed by atoms with E-state index >= 15 is 0 Å². The number of nitrogens with zero attached hydrogens (tertiary/aromatic N) is 3. The van der Waals surface area contributed by atoms with Crippen LogP contribution in [0, 0.1) is 5.82 Å². The van der Waals surface area contributed by atoms with Gasteiger partial charge in [-0.05, 0) is 40.2 Å². The van der Waals surface area contributed by atoms with Gasteiger partial charge in [0.15, 0.2) is 0 Å². The molecule has 0 saturated heterocycles. The number of halogens is 2. The molecule has 0 unspecified atom stereocenters. The van der Waals surface area contributed by atoms with E-state index in [1.807, 2.05) is 43.3 Å². The first-order valence-corrected chi connectivity index (χ1v) is 7.17. The number of imidazole rings is 1. The van der Waals surface area contributed by atoms with E-state index in [0.29, 0.717) is 21.5 Å². The predicted molar refractivity (Wildman–Crippen MR) is 87.5 cm³/mol. The van der Waals surface area contributed by atoms with E-state index in [9.17, 15) is 4.39 Å². The van der Waals surface area contributed by atoms with Crippen molar-refractivity contribution >= 4 is 38.6 Å². The molecule has 0 aliphatic carbocycles. The van der Waals surface area contributed by atoms with Crippen LogP contribution in [0.3, 0.4) is 0 Å². The van der Waals surface area contributed by atoms with Gasteiger partial charge in [0.1, 0.15) is 5.82 Å². The second-order valence-corrected chi connectivity index (χ2v) is 5.83. The Hall–Kier alpha value is -2.08. The van der Waals surface area contributed by atoms with Crippen LogP contribution in [0.4, 0.5) is 16.0 Å². The van der Waals surface area contributed by atoms with Crippen LogP contribution in [0.15, 0.2) is 40.9 Å². The third kappa shape index (κ3) is 2.35. The van der Waals surface area contributed by atoms with Crippen LogP contribution in [0.1, 0.15) is 0 Å². The molecule has 0 aliphatic rings. The normalized spacial score (nSPS) is 11.0. The van der Waals surface area contributed by atoms with E-state index in [1.54, 1.807) is 10.6 Å². The maximum absolute atomic E-state index is 13.8. The highest BCUT2D eigenvalue weighted by Crippen LogP contribution is 2.28. The SMILES string of the molecule is CN(C)c1cccc(-n2c(N)nc3cc(Br)c(F)cc32)c1. The molecule has 108 valence electrons. The van der Waals surface area contributed by atoms with Crippen molar-refractivity contribution in [2.24, 2.45) is 0 Å². The summed E-state index contributed by atoms with van der Waals surface area (Å²) in [4.78, 5) is 6.29. The van der Waals surface area contributed by atoms with Gasteiger partial charge in [-0.15, -0.1) is 0 Å². The van der Waals surface area contributed by atoms with Gasteiger partial charge in [-0.2, -0.15) is 0 Å². The van der Waals surface area contributed by atoms with Crippen molar-refractivity contribution in [2.75, 3.05) is 24.7 Å².